The molecule has 1 N–H and O–H groups in total. The number of rotatable bonds is 1. The Balaban J connectivity index is 1.92. The molecule has 1 atom stereocenters. The number of piperidine rings is 1. The lowest BCUT2D eigenvalue weighted by molar-refractivity contribution is 0.111. The van der Waals surface area contributed by atoms with Crippen LogP contribution in [0.25, 0.3) is 0 Å². The molecule has 1 aliphatic carbocycles. The van der Waals surface area contributed by atoms with Gasteiger partial charge in [0.25, 0.3) is 0 Å². The van der Waals surface area contributed by atoms with Crippen LogP contribution < -0.4 is 5.32 Å². The maximum atomic E-state index is 3.82. The SMILES string of the molecule is CCC1CCCC2(CCC2)N1. The third-order valence-electron chi connectivity index (χ3n) is 3.52. The van der Waals surface area contributed by atoms with Gasteiger partial charge in [-0.3, -0.25) is 0 Å². The predicted octanol–water partition coefficient (Wildman–Crippen LogP) is 2.46. The van der Waals surface area contributed by atoms with Crippen LogP contribution in [0.3, 0.4) is 0 Å². The molecule has 0 aromatic carbocycles. The van der Waals surface area contributed by atoms with Crippen LogP contribution in [0, 0.1) is 0 Å². The topological polar surface area (TPSA) is 12.0 Å². The Morgan fingerprint density at radius 3 is 2.55 bits per heavy atom. The van der Waals surface area contributed by atoms with Gasteiger partial charge in [0.1, 0.15) is 0 Å². The summed E-state index contributed by atoms with van der Waals surface area (Å²) in [6, 6.07) is 0.837. The van der Waals surface area contributed by atoms with Gasteiger partial charge < -0.3 is 5.32 Å². The molecule has 1 heteroatoms. The summed E-state index contributed by atoms with van der Waals surface area (Å²) in [6.45, 7) is 2.30. The van der Waals surface area contributed by atoms with Gasteiger partial charge in [-0.1, -0.05) is 13.3 Å². The van der Waals surface area contributed by atoms with Gasteiger partial charge in [0.15, 0.2) is 0 Å². The Morgan fingerprint density at radius 1 is 1.27 bits per heavy atom. The Hall–Kier alpha value is -0.0400. The molecule has 0 aromatic heterocycles. The number of hydrogen-bond donors (Lipinski definition) is 1. The highest BCUT2D eigenvalue weighted by atomic mass is 15.0. The molecular weight excluding hydrogens is 134 g/mol. The molecule has 0 aromatic rings. The molecule has 2 fully saturated rings. The molecule has 1 spiro atoms. The van der Waals surface area contributed by atoms with Crippen molar-refractivity contribution in [3.8, 4) is 0 Å². The van der Waals surface area contributed by atoms with Crippen LogP contribution in [0.1, 0.15) is 51.9 Å². The lowest BCUT2D eigenvalue weighted by Gasteiger charge is -2.48. The molecule has 1 nitrogen and oxygen atoms in total. The average molecular weight is 153 g/mol. The number of nitrogens with one attached hydrogen (secondary N) is 1. The molecule has 0 amide bonds. The van der Waals surface area contributed by atoms with Crippen molar-refractivity contribution < 1.29 is 0 Å². The van der Waals surface area contributed by atoms with Gasteiger partial charge >= 0.3 is 0 Å². The van der Waals surface area contributed by atoms with Crippen molar-refractivity contribution in [1.82, 2.24) is 5.32 Å². The summed E-state index contributed by atoms with van der Waals surface area (Å²) in [5.41, 5.74) is 0.624. The first kappa shape index (κ1) is 7.60. The first-order valence-corrected chi connectivity index (χ1v) is 5.12. The second-order valence-corrected chi connectivity index (χ2v) is 4.28. The highest BCUT2D eigenvalue weighted by Crippen LogP contribution is 2.39. The summed E-state index contributed by atoms with van der Waals surface area (Å²) in [6.07, 6.45) is 10.0. The molecule has 11 heavy (non-hydrogen) atoms. The first-order valence-electron chi connectivity index (χ1n) is 5.12. The summed E-state index contributed by atoms with van der Waals surface area (Å²) < 4.78 is 0. The van der Waals surface area contributed by atoms with Crippen LogP contribution in [0.2, 0.25) is 0 Å². The molecular formula is C10H19N. The van der Waals surface area contributed by atoms with E-state index in [-0.39, 0.29) is 0 Å². The molecule has 64 valence electrons. The fourth-order valence-electron chi connectivity index (χ4n) is 2.57. The molecule has 0 radical (unpaired) electrons. The van der Waals surface area contributed by atoms with Crippen LogP contribution in [-0.2, 0) is 0 Å². The smallest absolute Gasteiger partial charge is 0.0184 e. The van der Waals surface area contributed by atoms with Gasteiger partial charge in [-0.25, -0.2) is 0 Å². The van der Waals surface area contributed by atoms with E-state index in [9.17, 15) is 0 Å². The summed E-state index contributed by atoms with van der Waals surface area (Å²) in [4.78, 5) is 0. The van der Waals surface area contributed by atoms with Crippen LogP contribution in [0.4, 0.5) is 0 Å². The van der Waals surface area contributed by atoms with Crippen LogP contribution >= 0.6 is 0 Å². The summed E-state index contributed by atoms with van der Waals surface area (Å²) >= 11 is 0. The Bertz CT molecular complexity index is 138. The zero-order valence-electron chi connectivity index (χ0n) is 7.53. The van der Waals surface area contributed by atoms with Crippen molar-refractivity contribution in [1.29, 1.82) is 0 Å². The molecule has 1 saturated heterocycles. The minimum atomic E-state index is 0.624. The Kier molecular flexibility index (Phi) is 1.92. The minimum absolute atomic E-state index is 0.624. The highest BCUT2D eigenvalue weighted by Gasteiger charge is 2.39. The second kappa shape index (κ2) is 2.78. The van der Waals surface area contributed by atoms with Gasteiger partial charge in [0.2, 0.25) is 0 Å². The van der Waals surface area contributed by atoms with E-state index in [0.29, 0.717) is 5.54 Å². The van der Waals surface area contributed by atoms with E-state index < -0.39 is 0 Å². The third kappa shape index (κ3) is 1.31. The van der Waals surface area contributed by atoms with E-state index in [2.05, 4.69) is 12.2 Å². The van der Waals surface area contributed by atoms with Crippen molar-refractivity contribution in [3.05, 3.63) is 0 Å². The average Bonchev–Trinajstić information content (AvgIpc) is 2.02. The lowest BCUT2D eigenvalue weighted by atomic mass is 9.70. The summed E-state index contributed by atoms with van der Waals surface area (Å²) in [5.74, 6) is 0. The quantitative estimate of drug-likeness (QED) is 0.610. The van der Waals surface area contributed by atoms with Gasteiger partial charge in [-0.05, 0) is 38.5 Å². The zero-order chi connectivity index (χ0) is 7.73. The molecule has 0 bridgehead atoms. The second-order valence-electron chi connectivity index (χ2n) is 4.28. The van der Waals surface area contributed by atoms with Gasteiger partial charge in [0.05, 0.1) is 0 Å². The zero-order valence-corrected chi connectivity index (χ0v) is 7.53. The van der Waals surface area contributed by atoms with Crippen LogP contribution in [-0.4, -0.2) is 11.6 Å². The molecule has 2 rings (SSSR count). The summed E-state index contributed by atoms with van der Waals surface area (Å²) in [5, 5.41) is 3.82. The lowest BCUT2D eigenvalue weighted by Crippen LogP contribution is -2.57. The molecule has 2 aliphatic rings. The fourth-order valence-corrected chi connectivity index (χ4v) is 2.57. The van der Waals surface area contributed by atoms with E-state index in [1.165, 1.54) is 44.9 Å². The monoisotopic (exact) mass is 153 g/mol. The minimum Gasteiger partial charge on any atom is -0.309 e. The largest absolute Gasteiger partial charge is 0.309 e. The van der Waals surface area contributed by atoms with Crippen molar-refractivity contribution in [2.45, 2.75) is 63.5 Å². The Labute approximate surface area is 69.6 Å². The van der Waals surface area contributed by atoms with Gasteiger partial charge in [-0.15, -0.1) is 0 Å². The third-order valence-corrected chi connectivity index (χ3v) is 3.52. The van der Waals surface area contributed by atoms with E-state index in [4.69, 9.17) is 0 Å². The molecule has 1 saturated carbocycles. The van der Waals surface area contributed by atoms with Crippen molar-refractivity contribution in [2.24, 2.45) is 0 Å². The van der Waals surface area contributed by atoms with E-state index in [1.807, 2.05) is 0 Å². The van der Waals surface area contributed by atoms with E-state index >= 15 is 0 Å². The normalized spacial score (nSPS) is 35.2. The predicted molar refractivity (Wildman–Crippen MR) is 47.6 cm³/mol. The van der Waals surface area contributed by atoms with Crippen molar-refractivity contribution in [3.63, 3.8) is 0 Å². The number of hydrogen-bond acceptors (Lipinski definition) is 1. The van der Waals surface area contributed by atoms with E-state index in [0.717, 1.165) is 6.04 Å². The Morgan fingerprint density at radius 2 is 2.00 bits per heavy atom. The van der Waals surface area contributed by atoms with Crippen LogP contribution in [0.15, 0.2) is 0 Å². The van der Waals surface area contributed by atoms with Crippen molar-refractivity contribution >= 4 is 0 Å². The maximum Gasteiger partial charge on any atom is 0.0184 e. The van der Waals surface area contributed by atoms with E-state index in [1.54, 1.807) is 0 Å². The van der Waals surface area contributed by atoms with Crippen LogP contribution in [0.5, 0.6) is 0 Å². The van der Waals surface area contributed by atoms with Crippen molar-refractivity contribution in [2.75, 3.05) is 0 Å². The first-order chi connectivity index (χ1) is 5.35. The van der Waals surface area contributed by atoms with Gasteiger partial charge in [0, 0.05) is 11.6 Å². The van der Waals surface area contributed by atoms with Gasteiger partial charge in [-0.2, -0.15) is 0 Å². The standard InChI is InChI=1S/C10H19N/c1-2-9-5-3-6-10(11-9)7-4-8-10/h9,11H,2-8H2,1H3. The fraction of sp³-hybridized carbons (Fsp3) is 1.00. The highest BCUT2D eigenvalue weighted by molar-refractivity contribution is 5.00. The maximum absolute atomic E-state index is 3.82. The molecule has 1 heterocycles. The summed E-state index contributed by atoms with van der Waals surface area (Å²) in [7, 11) is 0. The molecule has 1 unspecified atom stereocenters. The molecule has 1 aliphatic heterocycles.